The number of amides is 1. The second-order valence-electron chi connectivity index (χ2n) is 5.29. The van der Waals surface area contributed by atoms with Crippen molar-refractivity contribution in [2.24, 2.45) is 0 Å². The molecule has 1 aromatic heterocycles. The molecule has 0 spiro atoms. The van der Waals surface area contributed by atoms with Gasteiger partial charge in [0.1, 0.15) is 12.7 Å². The van der Waals surface area contributed by atoms with Crippen LogP contribution < -0.4 is 0 Å². The molecule has 120 valence electrons. The van der Waals surface area contributed by atoms with Crippen LogP contribution in [-0.2, 0) is 9.53 Å². The van der Waals surface area contributed by atoms with Crippen LogP contribution in [0, 0.1) is 6.92 Å². The lowest BCUT2D eigenvalue weighted by Gasteiger charge is -2.31. The maximum absolute atomic E-state index is 12.6. The Hall–Kier alpha value is -2.74. The molecule has 1 aliphatic heterocycles. The smallest absolute Gasteiger partial charge is 0.334 e. The van der Waals surface area contributed by atoms with E-state index in [2.05, 4.69) is 10.1 Å². The van der Waals surface area contributed by atoms with Crippen LogP contribution in [0.5, 0.6) is 0 Å². The number of carboxylic acid groups (broad SMARTS) is 1. The molecule has 1 aliphatic rings. The highest BCUT2D eigenvalue weighted by molar-refractivity contribution is 5.95. The lowest BCUT2D eigenvalue weighted by atomic mass is 10.1. The summed E-state index contributed by atoms with van der Waals surface area (Å²) in [5.41, 5.74) is 2.23. The fourth-order valence-electron chi connectivity index (χ4n) is 2.54. The van der Waals surface area contributed by atoms with E-state index in [9.17, 15) is 9.59 Å². The van der Waals surface area contributed by atoms with E-state index in [1.165, 1.54) is 11.2 Å². The van der Waals surface area contributed by atoms with Crippen LogP contribution in [0.25, 0.3) is 5.69 Å². The Bertz CT molecular complexity index is 729. The largest absolute Gasteiger partial charge is 0.479 e. The van der Waals surface area contributed by atoms with E-state index in [1.807, 2.05) is 6.92 Å². The van der Waals surface area contributed by atoms with Gasteiger partial charge >= 0.3 is 5.97 Å². The van der Waals surface area contributed by atoms with Gasteiger partial charge in [0.25, 0.3) is 5.91 Å². The number of carbonyl (C=O) groups is 2. The van der Waals surface area contributed by atoms with Crippen molar-refractivity contribution in [3.8, 4) is 5.69 Å². The number of aryl methyl sites for hydroxylation is 1. The number of hydrogen-bond acceptors (Lipinski definition) is 5. The first-order valence-corrected chi connectivity index (χ1v) is 7.15. The molecule has 1 amide bonds. The third-order valence-corrected chi connectivity index (χ3v) is 3.74. The molecule has 0 saturated carbocycles. The summed E-state index contributed by atoms with van der Waals surface area (Å²) in [5, 5.41) is 13.1. The summed E-state index contributed by atoms with van der Waals surface area (Å²) in [4.78, 5) is 29.0. The average Bonchev–Trinajstić information content (AvgIpc) is 3.08. The summed E-state index contributed by atoms with van der Waals surface area (Å²) in [5.74, 6) is -1.26. The van der Waals surface area contributed by atoms with Gasteiger partial charge in [-0.3, -0.25) is 4.79 Å². The number of hydrogen-bond donors (Lipinski definition) is 1. The molecular weight excluding hydrogens is 300 g/mol. The third kappa shape index (κ3) is 3.07. The summed E-state index contributed by atoms with van der Waals surface area (Å²) >= 11 is 0. The van der Waals surface area contributed by atoms with E-state index < -0.39 is 12.1 Å². The normalized spacial score (nSPS) is 18.0. The Morgan fingerprint density at radius 3 is 2.87 bits per heavy atom. The number of rotatable bonds is 3. The first-order valence-electron chi connectivity index (χ1n) is 7.15. The molecule has 8 heteroatoms. The van der Waals surface area contributed by atoms with Crippen LogP contribution in [0.1, 0.15) is 15.9 Å². The Morgan fingerprint density at radius 2 is 2.22 bits per heavy atom. The number of aliphatic carboxylic acids is 1. The van der Waals surface area contributed by atoms with E-state index in [0.717, 1.165) is 11.3 Å². The Balaban J connectivity index is 1.80. The maximum Gasteiger partial charge on any atom is 0.334 e. The van der Waals surface area contributed by atoms with Gasteiger partial charge in [0.05, 0.1) is 18.8 Å². The lowest BCUT2D eigenvalue weighted by Crippen LogP contribution is -2.48. The number of aromatic nitrogens is 3. The Kier molecular flexibility index (Phi) is 4.07. The number of carboxylic acids is 1. The summed E-state index contributed by atoms with van der Waals surface area (Å²) in [7, 11) is 0. The van der Waals surface area contributed by atoms with Gasteiger partial charge in [-0.2, -0.15) is 5.10 Å². The van der Waals surface area contributed by atoms with Crippen LogP contribution in [0.2, 0.25) is 0 Å². The molecule has 8 nitrogen and oxygen atoms in total. The van der Waals surface area contributed by atoms with Gasteiger partial charge in [0.15, 0.2) is 6.10 Å². The minimum absolute atomic E-state index is 0.0536. The van der Waals surface area contributed by atoms with Crippen molar-refractivity contribution in [3.63, 3.8) is 0 Å². The van der Waals surface area contributed by atoms with E-state index in [4.69, 9.17) is 9.84 Å². The minimum atomic E-state index is -1.06. The van der Waals surface area contributed by atoms with Gasteiger partial charge in [0, 0.05) is 12.1 Å². The molecule has 1 saturated heterocycles. The van der Waals surface area contributed by atoms with Gasteiger partial charge < -0.3 is 14.7 Å². The highest BCUT2D eigenvalue weighted by atomic mass is 16.5. The van der Waals surface area contributed by atoms with Crippen molar-refractivity contribution in [1.29, 1.82) is 0 Å². The number of benzene rings is 1. The number of nitrogens with zero attached hydrogens (tertiary/aromatic N) is 4. The molecule has 0 radical (unpaired) electrons. The minimum Gasteiger partial charge on any atom is -0.479 e. The van der Waals surface area contributed by atoms with E-state index >= 15 is 0 Å². The fraction of sp³-hybridized carbons (Fsp3) is 0.333. The first-order chi connectivity index (χ1) is 11.1. The second kappa shape index (κ2) is 6.17. The predicted molar refractivity (Wildman–Crippen MR) is 79.4 cm³/mol. The molecule has 0 unspecified atom stereocenters. The van der Waals surface area contributed by atoms with Gasteiger partial charge in [-0.15, -0.1) is 0 Å². The number of ether oxygens (including phenoxy) is 1. The first kappa shape index (κ1) is 15.2. The van der Waals surface area contributed by atoms with Crippen LogP contribution >= 0.6 is 0 Å². The summed E-state index contributed by atoms with van der Waals surface area (Å²) in [6.45, 7) is 2.54. The van der Waals surface area contributed by atoms with Gasteiger partial charge in [-0.25, -0.2) is 14.5 Å². The van der Waals surface area contributed by atoms with Crippen molar-refractivity contribution in [2.45, 2.75) is 13.0 Å². The molecule has 0 bridgehead atoms. The van der Waals surface area contributed by atoms with Crippen LogP contribution in [0.15, 0.2) is 30.9 Å². The van der Waals surface area contributed by atoms with Gasteiger partial charge in [0.2, 0.25) is 0 Å². The Morgan fingerprint density at radius 1 is 1.39 bits per heavy atom. The topological polar surface area (TPSA) is 97.6 Å². The second-order valence-corrected chi connectivity index (χ2v) is 5.29. The van der Waals surface area contributed by atoms with Crippen molar-refractivity contribution in [2.75, 3.05) is 19.7 Å². The SMILES string of the molecule is Cc1cc(C(=O)N2CCO[C@H](C(=O)O)C2)ccc1-n1cncn1. The van der Waals surface area contributed by atoms with Crippen LogP contribution in [0.4, 0.5) is 0 Å². The molecule has 1 fully saturated rings. The molecule has 1 atom stereocenters. The lowest BCUT2D eigenvalue weighted by molar-refractivity contribution is -0.154. The van der Waals surface area contributed by atoms with E-state index in [1.54, 1.807) is 29.2 Å². The highest BCUT2D eigenvalue weighted by Crippen LogP contribution is 2.17. The summed E-state index contributed by atoms with van der Waals surface area (Å²) < 4.78 is 6.76. The molecule has 2 heterocycles. The van der Waals surface area contributed by atoms with Crippen LogP contribution in [0.3, 0.4) is 0 Å². The quantitative estimate of drug-likeness (QED) is 0.885. The molecule has 0 aliphatic carbocycles. The van der Waals surface area contributed by atoms with Crippen LogP contribution in [-0.4, -0.2) is 62.4 Å². The van der Waals surface area contributed by atoms with Crippen molar-refractivity contribution in [3.05, 3.63) is 42.0 Å². The summed E-state index contributed by atoms with van der Waals surface area (Å²) in [6, 6.07) is 5.27. The van der Waals surface area contributed by atoms with E-state index in [-0.39, 0.29) is 19.1 Å². The third-order valence-electron chi connectivity index (χ3n) is 3.74. The van der Waals surface area contributed by atoms with Crippen molar-refractivity contribution in [1.82, 2.24) is 19.7 Å². The van der Waals surface area contributed by atoms with Gasteiger partial charge in [-0.05, 0) is 30.7 Å². The Labute approximate surface area is 132 Å². The summed E-state index contributed by atoms with van der Waals surface area (Å²) in [6.07, 6.45) is 2.06. The molecule has 2 aromatic rings. The molecule has 1 aromatic carbocycles. The fourth-order valence-corrected chi connectivity index (χ4v) is 2.54. The monoisotopic (exact) mass is 316 g/mol. The highest BCUT2D eigenvalue weighted by Gasteiger charge is 2.29. The zero-order valence-corrected chi connectivity index (χ0v) is 12.5. The zero-order valence-electron chi connectivity index (χ0n) is 12.5. The molecule has 1 N–H and O–H groups in total. The molecule has 3 rings (SSSR count). The number of morpholine rings is 1. The number of carbonyl (C=O) groups excluding carboxylic acids is 1. The average molecular weight is 316 g/mol. The zero-order chi connectivity index (χ0) is 16.4. The standard InChI is InChI=1S/C15H16N4O4/c1-10-6-11(2-3-12(10)19-9-16-8-17-19)14(20)18-4-5-23-13(7-18)15(21)22/h2-3,6,8-9,13H,4-5,7H2,1H3,(H,21,22)/t13-/m0/s1. The van der Waals surface area contributed by atoms with Crippen molar-refractivity contribution < 1.29 is 19.4 Å². The van der Waals surface area contributed by atoms with E-state index in [0.29, 0.717) is 12.1 Å². The molecular formula is C15H16N4O4. The van der Waals surface area contributed by atoms with Crippen molar-refractivity contribution >= 4 is 11.9 Å². The predicted octanol–water partition coefficient (Wildman–Crippen LogP) is 0.501. The maximum atomic E-state index is 12.6. The van der Waals surface area contributed by atoms with Gasteiger partial charge in [-0.1, -0.05) is 0 Å². The molecule has 23 heavy (non-hydrogen) atoms.